The number of hydrogen-bond acceptors (Lipinski definition) is 5. The van der Waals surface area contributed by atoms with Crippen molar-refractivity contribution in [3.05, 3.63) is 68.2 Å². The first kappa shape index (κ1) is 23.1. The van der Waals surface area contributed by atoms with Gasteiger partial charge in [-0.1, -0.05) is 26.0 Å². The average molecular weight is 468 g/mol. The summed E-state index contributed by atoms with van der Waals surface area (Å²) in [5.74, 6) is -0.804. The normalized spacial score (nSPS) is 12.4. The van der Waals surface area contributed by atoms with Crippen molar-refractivity contribution in [3.8, 4) is 11.5 Å². The van der Waals surface area contributed by atoms with Gasteiger partial charge < -0.3 is 10.7 Å². The predicted octanol–water partition coefficient (Wildman–Crippen LogP) is 2.09. The average Bonchev–Trinajstić information content (AvgIpc) is 3.40. The highest BCUT2D eigenvalue weighted by Crippen LogP contribution is 2.24. The van der Waals surface area contributed by atoms with E-state index in [1.165, 1.54) is 38.1 Å². The van der Waals surface area contributed by atoms with Gasteiger partial charge in [0.1, 0.15) is 17.0 Å². The summed E-state index contributed by atoms with van der Waals surface area (Å²) in [4.78, 5) is 45.7. The van der Waals surface area contributed by atoms with Gasteiger partial charge in [-0.2, -0.15) is 5.10 Å². The smallest absolute Gasteiger partial charge is 0.332 e. The minimum Gasteiger partial charge on any atom is -0.368 e. The Kier molecular flexibility index (Phi) is 6.18. The van der Waals surface area contributed by atoms with Crippen LogP contribution in [0.3, 0.4) is 0 Å². The molecule has 0 fully saturated rings. The molecule has 1 atom stereocenters. The predicted molar refractivity (Wildman–Crippen MR) is 125 cm³/mol. The number of benzene rings is 1. The van der Waals surface area contributed by atoms with Gasteiger partial charge in [0, 0.05) is 18.8 Å². The van der Waals surface area contributed by atoms with Crippen molar-refractivity contribution in [1.29, 1.82) is 0 Å². The minimum absolute atomic E-state index is 0.216. The lowest BCUT2D eigenvalue weighted by Crippen LogP contribution is -2.40. The van der Waals surface area contributed by atoms with E-state index in [0.29, 0.717) is 42.9 Å². The molecule has 11 heteroatoms. The number of aromatic nitrogens is 6. The Morgan fingerprint density at radius 1 is 1.12 bits per heavy atom. The molecule has 1 aromatic carbocycles. The molecule has 0 aliphatic carbocycles. The van der Waals surface area contributed by atoms with Gasteiger partial charge in [-0.15, -0.1) is 0 Å². The second-order valence-corrected chi connectivity index (χ2v) is 8.15. The van der Waals surface area contributed by atoms with Gasteiger partial charge in [-0.3, -0.25) is 23.4 Å². The number of carbonyl (C=O) groups is 1. The number of amides is 1. The molecular weight excluding hydrogens is 441 g/mol. The summed E-state index contributed by atoms with van der Waals surface area (Å²) in [6, 6.07) is 6.19. The van der Waals surface area contributed by atoms with Crippen LogP contribution in [0.1, 0.15) is 44.0 Å². The molecule has 3 aromatic heterocycles. The Morgan fingerprint density at radius 2 is 1.76 bits per heavy atom. The van der Waals surface area contributed by atoms with Crippen molar-refractivity contribution in [1.82, 2.24) is 28.9 Å². The van der Waals surface area contributed by atoms with Gasteiger partial charge in [0.25, 0.3) is 5.56 Å². The lowest BCUT2D eigenvalue weighted by molar-refractivity contribution is -0.120. The maximum absolute atomic E-state index is 13.4. The van der Waals surface area contributed by atoms with Crippen LogP contribution in [0.2, 0.25) is 0 Å². The zero-order chi connectivity index (χ0) is 24.6. The zero-order valence-corrected chi connectivity index (χ0v) is 19.2. The van der Waals surface area contributed by atoms with Crippen molar-refractivity contribution in [3.63, 3.8) is 0 Å². The number of nitrogens with one attached hydrogen (secondary N) is 1. The molecule has 1 amide bonds. The third-order valence-electron chi connectivity index (χ3n) is 5.62. The molecule has 0 bridgehead atoms. The Balaban J connectivity index is 1.87. The number of aromatic amines is 1. The number of imidazole rings is 1. The van der Waals surface area contributed by atoms with Gasteiger partial charge in [0.05, 0.1) is 0 Å². The van der Waals surface area contributed by atoms with Crippen LogP contribution in [0.25, 0.3) is 22.7 Å². The third kappa shape index (κ3) is 3.93. The van der Waals surface area contributed by atoms with Crippen LogP contribution in [0.4, 0.5) is 4.39 Å². The van der Waals surface area contributed by atoms with Gasteiger partial charge >= 0.3 is 5.69 Å². The third-order valence-corrected chi connectivity index (χ3v) is 5.62. The number of fused-ring (bicyclic) bond motifs is 1. The van der Waals surface area contributed by atoms with E-state index in [9.17, 15) is 18.8 Å². The van der Waals surface area contributed by atoms with E-state index in [1.54, 1.807) is 13.0 Å². The Morgan fingerprint density at radius 3 is 2.38 bits per heavy atom. The van der Waals surface area contributed by atoms with Crippen molar-refractivity contribution in [2.24, 2.45) is 5.73 Å². The first-order valence-corrected chi connectivity index (χ1v) is 11.1. The van der Waals surface area contributed by atoms with E-state index < -0.39 is 29.0 Å². The molecular formula is C23H26FN7O3. The Labute approximate surface area is 193 Å². The molecule has 3 heterocycles. The molecule has 0 aliphatic rings. The summed E-state index contributed by atoms with van der Waals surface area (Å²) in [6.45, 7) is 6.29. The zero-order valence-electron chi connectivity index (χ0n) is 19.2. The first-order valence-electron chi connectivity index (χ1n) is 11.1. The molecule has 0 saturated carbocycles. The molecule has 4 aromatic rings. The first-order chi connectivity index (χ1) is 16.3. The summed E-state index contributed by atoms with van der Waals surface area (Å²) in [6.07, 6.45) is 1.32. The molecule has 1 unspecified atom stereocenters. The van der Waals surface area contributed by atoms with Gasteiger partial charge in [0.2, 0.25) is 5.91 Å². The number of carbonyl (C=O) groups excluding carboxylic acids is 1. The molecule has 0 saturated heterocycles. The van der Waals surface area contributed by atoms with Crippen molar-refractivity contribution in [2.45, 2.75) is 52.7 Å². The molecule has 0 aliphatic heterocycles. The van der Waals surface area contributed by atoms with Crippen LogP contribution < -0.4 is 17.0 Å². The van der Waals surface area contributed by atoms with E-state index >= 15 is 0 Å². The standard InChI is InChI=1S/C23H26FN7O3/c1-4-10-29-21-17(22(33)30(11-5-2)23(29)34)26-20(27-21)16-12-13(3)31(28-16)18(19(25)32)14-6-8-15(24)9-7-14/h6-9,12,18H,4-5,10-11H2,1-3H3,(H2,25,32)(H,26,27). The summed E-state index contributed by atoms with van der Waals surface area (Å²) in [5, 5.41) is 4.51. The highest BCUT2D eigenvalue weighted by atomic mass is 19.1. The van der Waals surface area contributed by atoms with Crippen LogP contribution >= 0.6 is 0 Å². The van der Waals surface area contributed by atoms with Crippen molar-refractivity contribution < 1.29 is 9.18 Å². The molecule has 4 rings (SSSR count). The van der Waals surface area contributed by atoms with Crippen LogP contribution in [0, 0.1) is 12.7 Å². The number of nitrogens with two attached hydrogens (primary N) is 1. The molecule has 0 spiro atoms. The molecule has 34 heavy (non-hydrogen) atoms. The SMILES string of the molecule is CCCn1c(=O)c2[nH]c(-c3cc(C)n(C(C(N)=O)c4ccc(F)cc4)n3)nc2n(CCC)c1=O. The molecule has 178 valence electrons. The number of aryl methyl sites for hydroxylation is 2. The number of primary amides is 1. The van der Waals surface area contributed by atoms with Crippen LogP contribution in [-0.4, -0.2) is 34.8 Å². The molecule has 10 nitrogen and oxygen atoms in total. The van der Waals surface area contributed by atoms with Gasteiger partial charge in [0.15, 0.2) is 17.5 Å². The number of rotatable bonds is 8. The lowest BCUT2D eigenvalue weighted by Gasteiger charge is -2.16. The fourth-order valence-corrected chi connectivity index (χ4v) is 4.07. The lowest BCUT2D eigenvalue weighted by atomic mass is 10.1. The number of halogens is 1. The topological polar surface area (TPSA) is 134 Å². The summed E-state index contributed by atoms with van der Waals surface area (Å²) < 4.78 is 17.5. The Hall–Kier alpha value is -4.02. The Bertz CT molecular complexity index is 1480. The second-order valence-electron chi connectivity index (χ2n) is 8.15. The maximum Gasteiger partial charge on any atom is 0.332 e. The highest BCUT2D eigenvalue weighted by molar-refractivity contribution is 5.82. The van der Waals surface area contributed by atoms with Crippen molar-refractivity contribution >= 4 is 17.1 Å². The van der Waals surface area contributed by atoms with E-state index in [-0.39, 0.29) is 17.0 Å². The summed E-state index contributed by atoms with van der Waals surface area (Å²) in [7, 11) is 0. The maximum atomic E-state index is 13.4. The largest absolute Gasteiger partial charge is 0.368 e. The van der Waals surface area contributed by atoms with Crippen LogP contribution in [0.15, 0.2) is 39.9 Å². The van der Waals surface area contributed by atoms with E-state index in [2.05, 4.69) is 15.1 Å². The minimum atomic E-state index is -0.959. The summed E-state index contributed by atoms with van der Waals surface area (Å²) >= 11 is 0. The van der Waals surface area contributed by atoms with Crippen LogP contribution in [0.5, 0.6) is 0 Å². The fraction of sp³-hybridized carbons (Fsp3) is 0.348. The van der Waals surface area contributed by atoms with E-state index in [0.717, 1.165) is 0 Å². The van der Waals surface area contributed by atoms with Gasteiger partial charge in [-0.25, -0.2) is 14.2 Å². The quantitative estimate of drug-likeness (QED) is 0.409. The second kappa shape index (κ2) is 9.08. The monoisotopic (exact) mass is 467 g/mol. The number of hydrogen-bond donors (Lipinski definition) is 2. The highest BCUT2D eigenvalue weighted by Gasteiger charge is 2.25. The number of H-pyrrole nitrogens is 1. The molecule has 3 N–H and O–H groups in total. The molecule has 0 radical (unpaired) electrons. The van der Waals surface area contributed by atoms with Crippen molar-refractivity contribution in [2.75, 3.05) is 0 Å². The fourth-order valence-electron chi connectivity index (χ4n) is 4.07. The van der Waals surface area contributed by atoms with E-state index in [4.69, 9.17) is 5.73 Å². The summed E-state index contributed by atoms with van der Waals surface area (Å²) in [5.41, 5.74) is 6.76. The van der Waals surface area contributed by atoms with E-state index in [1.807, 2.05) is 13.8 Å². The number of nitrogens with zero attached hydrogens (tertiary/aromatic N) is 5. The van der Waals surface area contributed by atoms with Crippen LogP contribution in [-0.2, 0) is 17.9 Å². The van der Waals surface area contributed by atoms with Gasteiger partial charge in [-0.05, 0) is 43.5 Å².